The van der Waals surface area contributed by atoms with Gasteiger partial charge in [-0.05, 0) is 41.7 Å². The Bertz CT molecular complexity index is 1160. The lowest BCUT2D eigenvalue weighted by Crippen LogP contribution is -2.23. The quantitative estimate of drug-likeness (QED) is 0.657. The lowest BCUT2D eigenvalue weighted by molar-refractivity contribution is 0.594. The van der Waals surface area contributed by atoms with Crippen molar-refractivity contribution in [3.8, 4) is 5.69 Å². The first kappa shape index (κ1) is 20.9. The summed E-state index contributed by atoms with van der Waals surface area (Å²) in [6.07, 6.45) is 0. The molecule has 0 fully saturated rings. The van der Waals surface area contributed by atoms with Crippen LogP contribution in [0.1, 0.15) is 50.8 Å². The first-order valence-electron chi connectivity index (χ1n) is 9.63. The van der Waals surface area contributed by atoms with Gasteiger partial charge in [0.25, 0.3) is 15.6 Å². The maximum atomic E-state index is 13.2. The van der Waals surface area contributed by atoms with Gasteiger partial charge in [0.1, 0.15) is 5.69 Å². The standard InChI is InChI=1S/C22H27N3O3S/c1-15(2)17-11-13-19(14-12-17)29(27,28)23-20-21(16(3)4)24(5)25(22(20)26)18-9-7-6-8-10-18/h6-16,23H,1-5H3. The number of hydrogen-bond donors (Lipinski definition) is 1. The molecule has 0 unspecified atom stereocenters. The van der Waals surface area contributed by atoms with Crippen LogP contribution in [0.25, 0.3) is 5.69 Å². The van der Waals surface area contributed by atoms with Crippen LogP contribution < -0.4 is 10.3 Å². The molecule has 154 valence electrons. The van der Waals surface area contributed by atoms with Crippen LogP contribution >= 0.6 is 0 Å². The van der Waals surface area contributed by atoms with Crippen molar-refractivity contribution >= 4 is 15.7 Å². The number of sulfonamides is 1. The molecule has 0 aliphatic carbocycles. The Morgan fingerprint density at radius 1 is 0.862 bits per heavy atom. The molecule has 0 aliphatic heterocycles. The molecule has 7 heteroatoms. The monoisotopic (exact) mass is 413 g/mol. The summed E-state index contributed by atoms with van der Waals surface area (Å²) >= 11 is 0. The van der Waals surface area contributed by atoms with Crippen molar-refractivity contribution < 1.29 is 8.42 Å². The van der Waals surface area contributed by atoms with Crippen LogP contribution in [0.5, 0.6) is 0 Å². The topological polar surface area (TPSA) is 73.1 Å². The normalized spacial score (nSPS) is 12.0. The van der Waals surface area contributed by atoms with E-state index in [1.165, 1.54) is 4.68 Å². The van der Waals surface area contributed by atoms with Crippen LogP contribution in [0.4, 0.5) is 5.69 Å². The van der Waals surface area contributed by atoms with Gasteiger partial charge in [0.05, 0.1) is 16.3 Å². The third-order valence-electron chi connectivity index (χ3n) is 4.95. The van der Waals surface area contributed by atoms with Crippen molar-refractivity contribution in [1.29, 1.82) is 0 Å². The number of anilines is 1. The largest absolute Gasteiger partial charge is 0.296 e. The molecule has 0 atom stereocenters. The molecule has 0 spiro atoms. The van der Waals surface area contributed by atoms with Crippen molar-refractivity contribution in [2.75, 3.05) is 4.72 Å². The van der Waals surface area contributed by atoms with Crippen LogP contribution in [-0.2, 0) is 17.1 Å². The van der Waals surface area contributed by atoms with Crippen LogP contribution in [-0.4, -0.2) is 17.8 Å². The number of benzene rings is 2. The zero-order valence-corrected chi connectivity index (χ0v) is 18.2. The van der Waals surface area contributed by atoms with E-state index in [4.69, 9.17) is 0 Å². The Morgan fingerprint density at radius 3 is 1.97 bits per heavy atom. The van der Waals surface area contributed by atoms with E-state index in [0.717, 1.165) is 5.56 Å². The SMILES string of the molecule is CC(C)c1ccc(S(=O)(=O)Nc2c(C(C)C)n(C)n(-c3ccccc3)c2=O)cc1. The van der Waals surface area contributed by atoms with Gasteiger partial charge in [-0.3, -0.25) is 14.2 Å². The molecule has 29 heavy (non-hydrogen) atoms. The van der Waals surface area contributed by atoms with E-state index >= 15 is 0 Å². The fourth-order valence-corrected chi connectivity index (χ4v) is 4.54. The molecule has 0 radical (unpaired) electrons. The Kier molecular flexibility index (Phi) is 5.71. The second-order valence-electron chi connectivity index (χ2n) is 7.72. The van der Waals surface area contributed by atoms with E-state index in [2.05, 4.69) is 4.72 Å². The molecule has 0 bridgehead atoms. The fourth-order valence-electron chi connectivity index (χ4n) is 3.46. The molecular formula is C22H27N3O3S. The van der Waals surface area contributed by atoms with Gasteiger partial charge in [-0.1, -0.05) is 58.0 Å². The maximum Gasteiger partial charge on any atom is 0.296 e. The molecule has 0 aliphatic rings. The van der Waals surface area contributed by atoms with E-state index in [1.54, 1.807) is 36.0 Å². The van der Waals surface area contributed by atoms with E-state index in [1.807, 2.05) is 58.0 Å². The average Bonchev–Trinajstić information content (AvgIpc) is 2.92. The Hall–Kier alpha value is -2.80. The third kappa shape index (κ3) is 4.00. The van der Waals surface area contributed by atoms with E-state index in [0.29, 0.717) is 17.3 Å². The van der Waals surface area contributed by atoms with Gasteiger partial charge in [-0.15, -0.1) is 0 Å². The summed E-state index contributed by atoms with van der Waals surface area (Å²) < 4.78 is 31.7. The molecule has 6 nitrogen and oxygen atoms in total. The van der Waals surface area contributed by atoms with Crippen molar-refractivity contribution in [2.45, 2.75) is 44.4 Å². The van der Waals surface area contributed by atoms with E-state index < -0.39 is 15.6 Å². The first-order chi connectivity index (χ1) is 13.6. The third-order valence-corrected chi connectivity index (χ3v) is 6.32. The Balaban J connectivity index is 2.10. The molecule has 2 aromatic carbocycles. The highest BCUT2D eigenvalue weighted by molar-refractivity contribution is 7.92. The van der Waals surface area contributed by atoms with Gasteiger partial charge in [0.15, 0.2) is 0 Å². The molecule has 1 N–H and O–H groups in total. The molecule has 1 heterocycles. The number of para-hydroxylation sites is 1. The molecule has 1 aromatic heterocycles. The second kappa shape index (κ2) is 7.91. The van der Waals surface area contributed by atoms with Crippen molar-refractivity contribution in [3.63, 3.8) is 0 Å². The van der Waals surface area contributed by atoms with Crippen molar-refractivity contribution in [1.82, 2.24) is 9.36 Å². The highest BCUT2D eigenvalue weighted by Gasteiger charge is 2.26. The van der Waals surface area contributed by atoms with E-state index in [9.17, 15) is 13.2 Å². The minimum atomic E-state index is -3.90. The average molecular weight is 414 g/mol. The first-order valence-corrected chi connectivity index (χ1v) is 11.1. The fraction of sp³-hybridized carbons (Fsp3) is 0.318. The summed E-state index contributed by atoms with van der Waals surface area (Å²) in [6.45, 7) is 7.96. The van der Waals surface area contributed by atoms with Crippen molar-refractivity contribution in [2.24, 2.45) is 7.05 Å². The molecule has 0 amide bonds. The molecule has 0 saturated carbocycles. The van der Waals surface area contributed by atoms with Gasteiger partial charge >= 0.3 is 0 Å². The number of aromatic nitrogens is 2. The Labute approximate surface area is 171 Å². The zero-order valence-electron chi connectivity index (χ0n) is 17.4. The summed E-state index contributed by atoms with van der Waals surface area (Å²) in [5, 5.41) is 0. The molecule has 3 rings (SSSR count). The highest BCUT2D eigenvalue weighted by atomic mass is 32.2. The minimum absolute atomic E-state index is 0.0568. The summed E-state index contributed by atoms with van der Waals surface area (Å²) in [4.78, 5) is 13.3. The number of nitrogens with zero attached hydrogens (tertiary/aromatic N) is 2. The van der Waals surface area contributed by atoms with Crippen LogP contribution in [0, 0.1) is 0 Å². The van der Waals surface area contributed by atoms with Crippen molar-refractivity contribution in [3.05, 3.63) is 76.2 Å². The lowest BCUT2D eigenvalue weighted by Gasteiger charge is -2.13. The second-order valence-corrected chi connectivity index (χ2v) is 9.40. The van der Waals surface area contributed by atoms with Crippen LogP contribution in [0.15, 0.2) is 64.3 Å². The van der Waals surface area contributed by atoms with Gasteiger partial charge in [0, 0.05) is 7.05 Å². The predicted molar refractivity (Wildman–Crippen MR) is 116 cm³/mol. The van der Waals surface area contributed by atoms with Crippen LogP contribution in [0.3, 0.4) is 0 Å². The van der Waals surface area contributed by atoms with E-state index in [-0.39, 0.29) is 16.5 Å². The summed E-state index contributed by atoms with van der Waals surface area (Å²) in [6, 6.07) is 15.9. The predicted octanol–water partition coefficient (Wildman–Crippen LogP) is 4.22. The molecule has 0 saturated heterocycles. The van der Waals surface area contributed by atoms with Gasteiger partial charge in [-0.25, -0.2) is 13.1 Å². The Morgan fingerprint density at radius 2 is 1.45 bits per heavy atom. The number of nitrogens with one attached hydrogen (secondary N) is 1. The molecule has 3 aromatic rings. The summed E-state index contributed by atoms with van der Waals surface area (Å²) in [7, 11) is -2.13. The number of rotatable bonds is 6. The smallest absolute Gasteiger partial charge is 0.283 e. The number of hydrogen-bond acceptors (Lipinski definition) is 3. The highest BCUT2D eigenvalue weighted by Crippen LogP contribution is 2.26. The summed E-state index contributed by atoms with van der Waals surface area (Å²) in [5.74, 6) is 0.248. The lowest BCUT2D eigenvalue weighted by atomic mass is 10.0. The summed E-state index contributed by atoms with van der Waals surface area (Å²) in [5.41, 5.74) is 2.04. The zero-order chi connectivity index (χ0) is 21.3. The molecular weight excluding hydrogens is 386 g/mol. The maximum absolute atomic E-state index is 13.2. The van der Waals surface area contributed by atoms with Gasteiger partial charge in [0.2, 0.25) is 0 Å². The van der Waals surface area contributed by atoms with Crippen LogP contribution in [0.2, 0.25) is 0 Å². The van der Waals surface area contributed by atoms with Gasteiger partial charge in [-0.2, -0.15) is 0 Å². The minimum Gasteiger partial charge on any atom is -0.283 e. The van der Waals surface area contributed by atoms with Gasteiger partial charge < -0.3 is 0 Å².